The minimum atomic E-state index is 0.729. The van der Waals surface area contributed by atoms with Crippen LogP contribution in [0.1, 0.15) is 57.2 Å². The van der Waals surface area contributed by atoms with Gasteiger partial charge in [-0.1, -0.05) is 13.3 Å². The second-order valence-electron chi connectivity index (χ2n) is 8.57. The summed E-state index contributed by atoms with van der Waals surface area (Å²) in [6, 6.07) is 7.54. The Hall–Kier alpha value is -1.48. The van der Waals surface area contributed by atoms with Gasteiger partial charge in [0.2, 0.25) is 0 Å². The van der Waals surface area contributed by atoms with Gasteiger partial charge in [-0.25, -0.2) is 0 Å². The zero-order chi connectivity index (χ0) is 17.8. The number of hydrogen-bond donors (Lipinski definition) is 0. The van der Waals surface area contributed by atoms with Crippen molar-refractivity contribution in [2.24, 2.45) is 11.8 Å². The smallest absolute Gasteiger partial charge is 0.120 e. The average Bonchev–Trinajstić information content (AvgIpc) is 2.92. The fraction of sp³-hybridized carbons (Fsp3) is 0.652. The predicted molar refractivity (Wildman–Crippen MR) is 107 cm³/mol. The summed E-state index contributed by atoms with van der Waals surface area (Å²) in [6.45, 7) is 11.2. The maximum atomic E-state index is 5.83. The summed E-state index contributed by atoms with van der Waals surface area (Å²) in [6.07, 6.45) is 5.40. The highest BCUT2D eigenvalue weighted by molar-refractivity contribution is 5.87. The van der Waals surface area contributed by atoms with Crippen molar-refractivity contribution in [2.45, 2.75) is 65.0 Å². The molecule has 140 valence electrons. The van der Waals surface area contributed by atoms with Gasteiger partial charge in [0.25, 0.3) is 0 Å². The molecule has 3 nitrogen and oxygen atoms in total. The molecular formula is C23H32N2O. The van der Waals surface area contributed by atoms with E-state index in [1.807, 2.05) is 0 Å². The van der Waals surface area contributed by atoms with E-state index in [1.165, 1.54) is 49.7 Å². The van der Waals surface area contributed by atoms with Crippen molar-refractivity contribution in [3.8, 4) is 5.75 Å². The molecule has 3 aliphatic heterocycles. The molecule has 0 spiro atoms. The highest BCUT2D eigenvalue weighted by atomic mass is 16.5. The van der Waals surface area contributed by atoms with Crippen molar-refractivity contribution in [3.63, 3.8) is 0 Å². The topological polar surface area (TPSA) is 17.4 Å². The molecule has 6 rings (SSSR count). The molecule has 26 heavy (non-hydrogen) atoms. The first-order valence-electron chi connectivity index (χ1n) is 10.8. The van der Waals surface area contributed by atoms with Gasteiger partial charge in [-0.15, -0.1) is 0 Å². The van der Waals surface area contributed by atoms with E-state index in [2.05, 4.69) is 48.4 Å². The molecule has 2 aromatic rings. The Morgan fingerprint density at radius 2 is 2.04 bits per heavy atom. The monoisotopic (exact) mass is 352 g/mol. The number of fused-ring (bicyclic) bond motifs is 4. The molecule has 5 unspecified atom stereocenters. The predicted octanol–water partition coefficient (Wildman–Crippen LogP) is 4.82. The third-order valence-corrected chi connectivity index (χ3v) is 7.37. The number of aryl methyl sites for hydroxylation is 1. The summed E-state index contributed by atoms with van der Waals surface area (Å²) in [5.74, 6) is 3.55. The van der Waals surface area contributed by atoms with E-state index < -0.39 is 0 Å². The molecule has 0 N–H and O–H groups in total. The van der Waals surface area contributed by atoms with E-state index in [0.29, 0.717) is 0 Å². The second-order valence-corrected chi connectivity index (χ2v) is 8.57. The minimum Gasteiger partial charge on any atom is -0.494 e. The fourth-order valence-electron chi connectivity index (χ4n) is 6.53. The molecule has 5 atom stereocenters. The second kappa shape index (κ2) is 6.30. The quantitative estimate of drug-likeness (QED) is 0.785. The molecule has 0 amide bonds. The van der Waals surface area contributed by atoms with Crippen molar-refractivity contribution < 1.29 is 4.74 Å². The van der Waals surface area contributed by atoms with Gasteiger partial charge >= 0.3 is 0 Å². The van der Waals surface area contributed by atoms with Crippen LogP contribution in [0.3, 0.4) is 0 Å². The third kappa shape index (κ3) is 2.29. The summed E-state index contributed by atoms with van der Waals surface area (Å²) in [5, 5.41) is 1.45. The van der Waals surface area contributed by atoms with Crippen molar-refractivity contribution in [3.05, 3.63) is 29.5 Å². The molecule has 4 bridgehead atoms. The summed E-state index contributed by atoms with van der Waals surface area (Å²) in [7, 11) is 0. The van der Waals surface area contributed by atoms with E-state index in [1.54, 1.807) is 11.3 Å². The number of piperidine rings is 2. The van der Waals surface area contributed by atoms with Gasteiger partial charge in [0.1, 0.15) is 5.75 Å². The first kappa shape index (κ1) is 16.7. The zero-order valence-electron chi connectivity index (χ0n) is 16.5. The van der Waals surface area contributed by atoms with Crippen molar-refractivity contribution in [2.75, 3.05) is 19.7 Å². The van der Waals surface area contributed by atoms with E-state index in [-0.39, 0.29) is 0 Å². The lowest BCUT2D eigenvalue weighted by Gasteiger charge is -2.53. The fourth-order valence-corrected chi connectivity index (χ4v) is 6.53. The summed E-state index contributed by atoms with van der Waals surface area (Å²) >= 11 is 0. The molecule has 1 aromatic carbocycles. The van der Waals surface area contributed by atoms with Gasteiger partial charge in [0.05, 0.1) is 6.61 Å². The molecule has 0 radical (unpaired) electrons. The largest absolute Gasteiger partial charge is 0.494 e. The van der Waals surface area contributed by atoms with Crippen molar-refractivity contribution in [1.82, 2.24) is 9.47 Å². The summed E-state index contributed by atoms with van der Waals surface area (Å²) < 4.78 is 8.47. The van der Waals surface area contributed by atoms with Crippen LogP contribution in [0.5, 0.6) is 5.75 Å². The molecule has 4 heterocycles. The number of nitrogens with zero attached hydrogens (tertiary/aromatic N) is 2. The minimum absolute atomic E-state index is 0.729. The van der Waals surface area contributed by atoms with Gasteiger partial charge in [-0.2, -0.15) is 0 Å². The van der Waals surface area contributed by atoms with E-state index in [4.69, 9.17) is 4.74 Å². The SMILES string of the molecule is CCOc1ccc2c(c1)c1c(n2CC)C2CC3CC(CC)C2N(CC1)C3. The van der Waals surface area contributed by atoms with Crippen LogP contribution in [0.15, 0.2) is 18.2 Å². The summed E-state index contributed by atoms with van der Waals surface area (Å²) in [4.78, 5) is 2.86. The van der Waals surface area contributed by atoms with Crippen molar-refractivity contribution >= 4 is 10.9 Å². The maximum Gasteiger partial charge on any atom is 0.120 e. The summed E-state index contributed by atoms with van der Waals surface area (Å²) in [5.41, 5.74) is 4.72. The number of benzene rings is 1. The molecule has 3 fully saturated rings. The van der Waals surface area contributed by atoms with Crippen LogP contribution in [0.25, 0.3) is 10.9 Å². The van der Waals surface area contributed by atoms with E-state index in [9.17, 15) is 0 Å². The number of ether oxygens (including phenoxy) is 1. The van der Waals surface area contributed by atoms with Gasteiger partial charge in [-0.05, 0) is 68.7 Å². The van der Waals surface area contributed by atoms with Crippen LogP contribution in [0.2, 0.25) is 0 Å². The standard InChI is InChI=1S/C23H32N2O/c1-4-16-11-15-12-20-22(16)24(14-15)10-9-18-19-13-17(26-6-3)7-8-21(19)25(5-2)23(18)20/h7-8,13,15-16,20,22H,4-6,9-12,14H2,1-3H3. The van der Waals surface area contributed by atoms with Crippen LogP contribution in [-0.2, 0) is 13.0 Å². The molecule has 1 saturated carbocycles. The van der Waals surface area contributed by atoms with Gasteiger partial charge < -0.3 is 9.30 Å². The molecule has 2 saturated heterocycles. The average molecular weight is 353 g/mol. The number of hydrogen-bond acceptors (Lipinski definition) is 2. The highest BCUT2D eigenvalue weighted by Crippen LogP contribution is 2.52. The lowest BCUT2D eigenvalue weighted by molar-refractivity contribution is -0.0141. The molecule has 1 aliphatic carbocycles. The van der Waals surface area contributed by atoms with Gasteiger partial charge in [-0.3, -0.25) is 4.90 Å². The van der Waals surface area contributed by atoms with Crippen molar-refractivity contribution in [1.29, 1.82) is 0 Å². The van der Waals surface area contributed by atoms with Crippen LogP contribution >= 0.6 is 0 Å². The normalized spacial score (nSPS) is 32.5. The number of rotatable bonds is 4. The van der Waals surface area contributed by atoms with Gasteiger partial charge in [0.15, 0.2) is 0 Å². The first-order chi connectivity index (χ1) is 12.7. The Kier molecular flexibility index (Phi) is 4.04. The van der Waals surface area contributed by atoms with Crippen LogP contribution in [0.4, 0.5) is 0 Å². The third-order valence-electron chi connectivity index (χ3n) is 7.37. The Balaban J connectivity index is 1.70. The Morgan fingerprint density at radius 3 is 2.81 bits per heavy atom. The Morgan fingerprint density at radius 1 is 1.15 bits per heavy atom. The first-order valence-corrected chi connectivity index (χ1v) is 10.8. The molecular weight excluding hydrogens is 320 g/mol. The lowest BCUT2D eigenvalue weighted by atomic mass is 9.65. The van der Waals surface area contributed by atoms with Gasteiger partial charge in [0, 0.05) is 48.2 Å². The molecule has 3 heteroatoms. The Labute approximate surface area is 157 Å². The molecule has 4 aliphatic rings. The maximum absolute atomic E-state index is 5.83. The van der Waals surface area contributed by atoms with E-state index >= 15 is 0 Å². The van der Waals surface area contributed by atoms with Crippen LogP contribution < -0.4 is 4.74 Å². The Bertz CT molecular complexity index is 823. The lowest BCUT2D eigenvalue weighted by Crippen LogP contribution is -2.56. The highest BCUT2D eigenvalue weighted by Gasteiger charge is 2.49. The van der Waals surface area contributed by atoms with Crippen LogP contribution in [-0.4, -0.2) is 35.2 Å². The number of aromatic nitrogens is 1. The molecule has 1 aromatic heterocycles. The zero-order valence-corrected chi connectivity index (χ0v) is 16.5. The van der Waals surface area contributed by atoms with E-state index in [0.717, 1.165) is 42.7 Å². The van der Waals surface area contributed by atoms with Crippen LogP contribution in [0, 0.1) is 11.8 Å².